The van der Waals surface area contributed by atoms with Gasteiger partial charge in [-0.05, 0) is 37.7 Å². The summed E-state index contributed by atoms with van der Waals surface area (Å²) in [6, 6.07) is -3.07. The van der Waals surface area contributed by atoms with Gasteiger partial charge in [0.25, 0.3) is 0 Å². The lowest BCUT2D eigenvalue weighted by molar-refractivity contribution is -0.142. The summed E-state index contributed by atoms with van der Waals surface area (Å²) in [5.41, 5.74) is 5.56. The minimum Gasteiger partial charge on any atom is -0.480 e. The van der Waals surface area contributed by atoms with Gasteiger partial charge in [0.15, 0.2) is 0 Å². The van der Waals surface area contributed by atoms with Crippen molar-refractivity contribution in [2.75, 3.05) is 12.0 Å². The topological polar surface area (TPSA) is 142 Å². The van der Waals surface area contributed by atoms with Gasteiger partial charge in [0.2, 0.25) is 11.8 Å². The first-order valence-electron chi connectivity index (χ1n) is 7.86. The van der Waals surface area contributed by atoms with Crippen molar-refractivity contribution in [3.8, 4) is 0 Å². The Morgan fingerprint density at radius 1 is 1.08 bits per heavy atom. The molecule has 0 spiro atoms. The summed E-state index contributed by atoms with van der Waals surface area (Å²) in [5.74, 6) is -1.64. The number of nitrogens with one attached hydrogen (secondary N) is 2. The van der Waals surface area contributed by atoms with Crippen LogP contribution in [0, 0.1) is 5.92 Å². The highest BCUT2D eigenvalue weighted by molar-refractivity contribution is 7.98. The van der Waals surface area contributed by atoms with Gasteiger partial charge in [0.05, 0.1) is 6.10 Å². The molecule has 0 aliphatic heterocycles. The lowest BCUT2D eigenvalue weighted by Crippen LogP contribution is -2.56. The summed E-state index contributed by atoms with van der Waals surface area (Å²) in [6.07, 6.45) is 1.43. The number of carbonyl (C=O) groups is 3. The largest absolute Gasteiger partial charge is 0.480 e. The van der Waals surface area contributed by atoms with Gasteiger partial charge in [0.1, 0.15) is 18.1 Å². The SMILES string of the molecule is CSCCC(NC(=O)C(N)C(C)O)C(=O)NC(CC(C)C)C(=O)O. The van der Waals surface area contributed by atoms with Crippen LogP contribution < -0.4 is 16.4 Å². The van der Waals surface area contributed by atoms with E-state index in [1.807, 2.05) is 20.1 Å². The summed E-state index contributed by atoms with van der Waals surface area (Å²) in [6.45, 7) is 5.10. The first kappa shape index (κ1) is 22.7. The van der Waals surface area contributed by atoms with Crippen molar-refractivity contribution < 1.29 is 24.6 Å². The molecule has 4 unspecified atom stereocenters. The number of aliphatic hydroxyl groups is 1. The number of aliphatic carboxylic acids is 1. The van der Waals surface area contributed by atoms with Crippen LogP contribution >= 0.6 is 11.8 Å². The third-order valence-corrected chi connectivity index (χ3v) is 4.03. The second kappa shape index (κ2) is 11.3. The molecule has 0 aromatic rings. The van der Waals surface area contributed by atoms with E-state index in [9.17, 15) is 24.6 Å². The van der Waals surface area contributed by atoms with Crippen LogP contribution in [0.5, 0.6) is 0 Å². The number of hydrogen-bond acceptors (Lipinski definition) is 6. The van der Waals surface area contributed by atoms with E-state index in [-0.39, 0.29) is 12.3 Å². The Labute approximate surface area is 146 Å². The number of hydrogen-bond donors (Lipinski definition) is 5. The molecule has 0 aromatic carbocycles. The maximum absolute atomic E-state index is 12.4. The zero-order chi connectivity index (χ0) is 18.9. The van der Waals surface area contributed by atoms with Crippen molar-refractivity contribution in [3.63, 3.8) is 0 Å². The molecule has 24 heavy (non-hydrogen) atoms. The van der Waals surface area contributed by atoms with Crippen LogP contribution in [0.4, 0.5) is 0 Å². The molecule has 8 nitrogen and oxygen atoms in total. The minimum absolute atomic E-state index is 0.0919. The number of amides is 2. The van der Waals surface area contributed by atoms with Crippen molar-refractivity contribution in [1.29, 1.82) is 0 Å². The molecule has 0 aliphatic rings. The predicted octanol–water partition coefficient (Wildman–Crippen LogP) is -0.452. The van der Waals surface area contributed by atoms with Crippen LogP contribution in [0.25, 0.3) is 0 Å². The van der Waals surface area contributed by atoms with E-state index in [1.165, 1.54) is 18.7 Å². The molecule has 4 atom stereocenters. The number of nitrogens with two attached hydrogens (primary N) is 1. The van der Waals surface area contributed by atoms with E-state index in [0.29, 0.717) is 12.2 Å². The Balaban J connectivity index is 4.97. The second-order valence-electron chi connectivity index (χ2n) is 6.14. The number of carboxylic acid groups (broad SMARTS) is 1. The summed E-state index contributed by atoms with van der Waals surface area (Å²) in [5, 5.41) is 23.5. The molecule has 0 saturated carbocycles. The molecule has 6 N–H and O–H groups in total. The Kier molecular flexibility index (Phi) is 10.7. The molecule has 0 bridgehead atoms. The average Bonchev–Trinajstić information content (AvgIpc) is 2.48. The summed E-state index contributed by atoms with van der Waals surface area (Å²) in [7, 11) is 0. The number of rotatable bonds is 11. The molecule has 0 aromatic heterocycles. The normalized spacial score (nSPS) is 16.1. The highest BCUT2D eigenvalue weighted by Crippen LogP contribution is 2.07. The fourth-order valence-corrected chi connectivity index (χ4v) is 2.43. The van der Waals surface area contributed by atoms with Gasteiger partial charge < -0.3 is 26.6 Å². The van der Waals surface area contributed by atoms with Crippen molar-refractivity contribution >= 4 is 29.5 Å². The standard InChI is InChI=1S/C15H29N3O5S/c1-8(2)7-11(15(22)23)18-13(20)10(5-6-24-4)17-14(21)12(16)9(3)19/h8-12,19H,5-7,16H2,1-4H3,(H,17,21)(H,18,20)(H,22,23). The van der Waals surface area contributed by atoms with E-state index in [2.05, 4.69) is 10.6 Å². The van der Waals surface area contributed by atoms with Gasteiger partial charge in [-0.25, -0.2) is 4.79 Å². The molecule has 0 rings (SSSR count). The van der Waals surface area contributed by atoms with E-state index in [4.69, 9.17) is 5.73 Å². The number of aliphatic hydroxyl groups excluding tert-OH is 1. The molecule has 0 fully saturated rings. The lowest BCUT2D eigenvalue weighted by Gasteiger charge is -2.24. The van der Waals surface area contributed by atoms with Crippen LogP contribution in [-0.2, 0) is 14.4 Å². The monoisotopic (exact) mass is 363 g/mol. The fraction of sp³-hybridized carbons (Fsp3) is 0.800. The highest BCUT2D eigenvalue weighted by Gasteiger charge is 2.29. The molecule has 0 aliphatic carbocycles. The van der Waals surface area contributed by atoms with Gasteiger partial charge >= 0.3 is 5.97 Å². The number of carboxylic acids is 1. The van der Waals surface area contributed by atoms with Crippen molar-refractivity contribution in [2.45, 2.75) is 57.8 Å². The van der Waals surface area contributed by atoms with Crippen LogP contribution in [0.2, 0.25) is 0 Å². The van der Waals surface area contributed by atoms with E-state index >= 15 is 0 Å². The molecular weight excluding hydrogens is 334 g/mol. The molecule has 140 valence electrons. The quantitative estimate of drug-likeness (QED) is 0.334. The summed E-state index contributed by atoms with van der Waals surface area (Å²) < 4.78 is 0. The maximum atomic E-state index is 12.4. The Hall–Kier alpha value is -1.32. The number of thioether (sulfide) groups is 1. The molecule has 0 heterocycles. The van der Waals surface area contributed by atoms with Crippen molar-refractivity contribution in [2.24, 2.45) is 11.7 Å². The summed E-state index contributed by atoms with van der Waals surface area (Å²) in [4.78, 5) is 35.6. The average molecular weight is 363 g/mol. The lowest BCUT2D eigenvalue weighted by atomic mass is 10.0. The molecular formula is C15H29N3O5S. The summed E-state index contributed by atoms with van der Waals surface area (Å²) >= 11 is 1.50. The third-order valence-electron chi connectivity index (χ3n) is 3.39. The maximum Gasteiger partial charge on any atom is 0.326 e. The van der Waals surface area contributed by atoms with Gasteiger partial charge in [0, 0.05) is 0 Å². The molecule has 0 radical (unpaired) electrons. The van der Waals surface area contributed by atoms with E-state index < -0.39 is 42.0 Å². The molecule has 0 saturated heterocycles. The molecule has 2 amide bonds. The first-order valence-corrected chi connectivity index (χ1v) is 9.25. The Morgan fingerprint density at radius 3 is 2.04 bits per heavy atom. The molecule has 9 heteroatoms. The van der Waals surface area contributed by atoms with E-state index in [0.717, 1.165) is 0 Å². The van der Waals surface area contributed by atoms with Gasteiger partial charge in [-0.2, -0.15) is 11.8 Å². The van der Waals surface area contributed by atoms with Gasteiger partial charge in [-0.3, -0.25) is 9.59 Å². The smallest absolute Gasteiger partial charge is 0.326 e. The third kappa shape index (κ3) is 8.51. The highest BCUT2D eigenvalue weighted by atomic mass is 32.2. The number of carbonyl (C=O) groups excluding carboxylic acids is 2. The minimum atomic E-state index is -1.15. The Bertz CT molecular complexity index is 431. The van der Waals surface area contributed by atoms with Crippen LogP contribution in [0.1, 0.15) is 33.6 Å². The van der Waals surface area contributed by atoms with E-state index in [1.54, 1.807) is 0 Å². The Morgan fingerprint density at radius 2 is 1.62 bits per heavy atom. The second-order valence-corrected chi connectivity index (χ2v) is 7.12. The fourth-order valence-electron chi connectivity index (χ4n) is 1.96. The zero-order valence-electron chi connectivity index (χ0n) is 14.6. The van der Waals surface area contributed by atoms with Crippen molar-refractivity contribution in [3.05, 3.63) is 0 Å². The van der Waals surface area contributed by atoms with Crippen LogP contribution in [-0.4, -0.2) is 64.2 Å². The van der Waals surface area contributed by atoms with Gasteiger partial charge in [-0.15, -0.1) is 0 Å². The first-order chi connectivity index (χ1) is 11.1. The zero-order valence-corrected chi connectivity index (χ0v) is 15.4. The van der Waals surface area contributed by atoms with Crippen LogP contribution in [0.3, 0.4) is 0 Å². The van der Waals surface area contributed by atoms with Gasteiger partial charge in [-0.1, -0.05) is 13.8 Å². The van der Waals surface area contributed by atoms with Crippen molar-refractivity contribution in [1.82, 2.24) is 10.6 Å². The van der Waals surface area contributed by atoms with Crippen LogP contribution in [0.15, 0.2) is 0 Å². The predicted molar refractivity (Wildman–Crippen MR) is 93.6 cm³/mol.